The molecule has 0 fully saturated rings. The lowest BCUT2D eigenvalue weighted by atomic mass is 10.2. The first kappa shape index (κ1) is 45.6. The summed E-state index contributed by atoms with van der Waals surface area (Å²) in [6, 6.07) is 8.16. The maximum atomic E-state index is 13.7. The van der Waals surface area contributed by atoms with Crippen molar-refractivity contribution in [3.05, 3.63) is 57.0 Å². The van der Waals surface area contributed by atoms with E-state index in [1.54, 1.807) is 24.3 Å². The average Bonchev–Trinajstić information content (AvgIpc) is 3.13. The molecule has 15 N–H and O–H groups in total. The van der Waals surface area contributed by atoms with Crippen LogP contribution in [0, 0.1) is 0 Å². The van der Waals surface area contributed by atoms with Crippen LogP contribution >= 0.6 is 55.4 Å². The smallest absolute Gasteiger partial charge is 0.274 e. The quantitative estimate of drug-likeness (QED) is 0.0214. The van der Waals surface area contributed by atoms with Crippen LogP contribution < -0.4 is 55.3 Å². The molecule has 3 rings (SSSR count). The number of hydrogen-bond donors (Lipinski definition) is 10. The molecule has 17 nitrogen and oxygen atoms in total. The van der Waals surface area contributed by atoms with E-state index in [1.165, 1.54) is 29.6 Å². The van der Waals surface area contributed by atoms with Gasteiger partial charge in [0.05, 0.1) is 39.1 Å². The fraction of sp³-hybridized carbons (Fsp3) is 0.382. The number of aromatic nitrogens is 2. The van der Waals surface area contributed by atoms with Crippen molar-refractivity contribution in [2.45, 2.75) is 48.3 Å². The largest absolute Gasteiger partial charge is 0.370 e. The predicted octanol–water partition coefficient (Wildman–Crippen LogP) is 3.60. The first-order valence-corrected chi connectivity index (χ1v) is 20.8. The van der Waals surface area contributed by atoms with Gasteiger partial charge in [-0.15, -0.1) is 23.5 Å². The molecule has 0 bridgehead atoms. The van der Waals surface area contributed by atoms with E-state index in [9.17, 15) is 19.2 Å². The molecule has 0 aliphatic carbocycles. The molecule has 55 heavy (non-hydrogen) atoms. The van der Waals surface area contributed by atoms with Crippen molar-refractivity contribution in [3.63, 3.8) is 0 Å². The summed E-state index contributed by atoms with van der Waals surface area (Å²) in [5.74, 6) is -0.693. The minimum atomic E-state index is -0.633. The molecule has 0 radical (unpaired) electrons. The van der Waals surface area contributed by atoms with Crippen molar-refractivity contribution in [2.75, 3.05) is 65.6 Å². The third-order valence-corrected chi connectivity index (χ3v) is 10.5. The van der Waals surface area contributed by atoms with Gasteiger partial charge in [-0.3, -0.25) is 24.2 Å². The lowest BCUT2D eigenvalue weighted by Gasteiger charge is -2.17. The van der Waals surface area contributed by atoms with E-state index in [-0.39, 0.29) is 42.1 Å². The minimum absolute atomic E-state index is 0.0575. The Morgan fingerprint density at radius 3 is 1.55 bits per heavy atom. The van der Waals surface area contributed by atoms with Gasteiger partial charge in [0, 0.05) is 52.6 Å². The van der Waals surface area contributed by atoms with Gasteiger partial charge in [-0.2, -0.15) is 0 Å². The molecule has 0 atom stereocenters. The molecule has 4 amide bonds. The van der Waals surface area contributed by atoms with Crippen LogP contribution in [0.3, 0.4) is 0 Å². The summed E-state index contributed by atoms with van der Waals surface area (Å²) in [4.78, 5) is 66.3. The molecule has 0 unspecified atom stereocenters. The number of guanidine groups is 1. The minimum Gasteiger partial charge on any atom is -0.370 e. The highest BCUT2D eigenvalue weighted by Gasteiger charge is 2.21. The fourth-order valence-electron chi connectivity index (χ4n) is 4.78. The van der Waals surface area contributed by atoms with Crippen LogP contribution in [0.4, 0.5) is 22.7 Å². The Bertz CT molecular complexity index is 1820. The molecule has 3 aromatic rings. The van der Waals surface area contributed by atoms with Gasteiger partial charge in [-0.25, -0.2) is 9.97 Å². The zero-order valence-electron chi connectivity index (χ0n) is 30.1. The number of aliphatic imine (C=N–C) groups is 1. The molecule has 21 heteroatoms. The number of amides is 4. The highest BCUT2D eigenvalue weighted by Crippen LogP contribution is 2.39. The van der Waals surface area contributed by atoms with Crippen LogP contribution in [0.25, 0.3) is 0 Å². The van der Waals surface area contributed by atoms with E-state index in [0.29, 0.717) is 105 Å². The number of unbranched alkanes of at least 4 members (excludes halogenated alkanes) is 2. The molecule has 298 valence electrons. The molecule has 0 saturated carbocycles. The van der Waals surface area contributed by atoms with Crippen molar-refractivity contribution in [2.24, 2.45) is 33.7 Å². The average molecular weight is 926 g/mol. The summed E-state index contributed by atoms with van der Waals surface area (Å²) in [5.41, 5.74) is 29.3. The maximum Gasteiger partial charge on any atom is 0.274 e. The molecule has 0 aliphatic rings. The van der Waals surface area contributed by atoms with E-state index in [2.05, 4.69) is 73.4 Å². The number of thioether (sulfide) groups is 2. The van der Waals surface area contributed by atoms with Crippen LogP contribution in [0.1, 0.15) is 59.5 Å². The zero-order chi connectivity index (χ0) is 40.2. The van der Waals surface area contributed by atoms with Gasteiger partial charge in [0.25, 0.3) is 11.8 Å². The Morgan fingerprint density at radius 1 is 0.655 bits per heavy atom. The fourth-order valence-corrected chi connectivity index (χ4v) is 7.60. The van der Waals surface area contributed by atoms with Crippen LogP contribution in [0.5, 0.6) is 0 Å². The van der Waals surface area contributed by atoms with Crippen LogP contribution in [0.2, 0.25) is 0 Å². The third kappa shape index (κ3) is 16.0. The number of anilines is 4. The van der Waals surface area contributed by atoms with Crippen molar-refractivity contribution in [3.8, 4) is 0 Å². The van der Waals surface area contributed by atoms with Crippen LogP contribution in [-0.2, 0) is 9.59 Å². The lowest BCUT2D eigenvalue weighted by Crippen LogP contribution is -2.24. The number of nitrogens with zero attached hydrogens (tertiary/aromatic N) is 3. The number of carbonyl (C=O) groups excluding carboxylic acids is 4. The Morgan fingerprint density at radius 2 is 1.11 bits per heavy atom. The number of nitrogens with one attached hydrogen (secondary N) is 5. The monoisotopic (exact) mass is 923 g/mol. The van der Waals surface area contributed by atoms with Crippen molar-refractivity contribution >= 4 is 108 Å². The molecular weight excluding hydrogens is 878 g/mol. The number of benzene rings is 2. The van der Waals surface area contributed by atoms with Crippen molar-refractivity contribution < 1.29 is 19.2 Å². The summed E-state index contributed by atoms with van der Waals surface area (Å²) < 4.78 is 1.20. The molecular formula is C34H47Br2N13O4S2. The summed E-state index contributed by atoms with van der Waals surface area (Å²) in [5, 5.41) is 14.7. The van der Waals surface area contributed by atoms with Crippen molar-refractivity contribution in [1.29, 1.82) is 0 Å². The number of hydrogen-bond acceptors (Lipinski definition) is 13. The van der Waals surface area contributed by atoms with Gasteiger partial charge >= 0.3 is 0 Å². The molecule has 1 heterocycles. The molecule has 0 saturated heterocycles. The van der Waals surface area contributed by atoms with E-state index < -0.39 is 11.8 Å². The maximum absolute atomic E-state index is 13.7. The highest BCUT2D eigenvalue weighted by molar-refractivity contribution is 9.10. The van der Waals surface area contributed by atoms with Gasteiger partial charge in [0.15, 0.2) is 5.96 Å². The van der Waals surface area contributed by atoms with Gasteiger partial charge in [-0.1, -0.05) is 31.9 Å². The molecule has 2 aromatic carbocycles. The second kappa shape index (κ2) is 24.6. The molecule has 0 aliphatic heterocycles. The van der Waals surface area contributed by atoms with E-state index in [0.717, 1.165) is 12.7 Å². The number of carbonyl (C=O) groups is 4. The lowest BCUT2D eigenvalue weighted by molar-refractivity contribution is -0.117. The first-order chi connectivity index (χ1) is 26.4. The first-order valence-electron chi connectivity index (χ1n) is 17.3. The van der Waals surface area contributed by atoms with Gasteiger partial charge < -0.3 is 55.3 Å². The summed E-state index contributed by atoms with van der Waals surface area (Å²) in [6.07, 6.45) is 4.36. The summed E-state index contributed by atoms with van der Waals surface area (Å²) in [6.45, 7) is 2.14. The second-order valence-corrected chi connectivity index (χ2v) is 15.7. The standard InChI is InChI=1S/C34H47Br2N13O4S2/c35-20-13-22(46-28(50)5-1-3-7-37)30(54-11-9-42-18-39)24(15-20)48-32(52)26-17-27(45-19-44-26)33(53)49-25-16-21(36)14-23(47-29(51)6-2-4-8-38)31(25)55-12-10-43-34(40)41/h13-17,19,42H,1-12,18,37-39H2,(H,46,50)(H,47,51)(H,48,52)(H,49,53)(H4,40,41,43). The normalized spacial score (nSPS) is 10.8. The SMILES string of the molecule is NCCCCC(=O)Nc1cc(Br)cc(NC(=O)c2cc(C(=O)Nc3cc(Br)cc(NC(=O)CCCCN)c3SCCNCN)ncn2)c1SCCN=C(N)N. The Kier molecular flexibility index (Phi) is 20.4. The van der Waals surface area contributed by atoms with Gasteiger partial charge in [0.1, 0.15) is 17.7 Å². The van der Waals surface area contributed by atoms with Gasteiger partial charge in [0.2, 0.25) is 11.8 Å². The molecule has 0 spiro atoms. The van der Waals surface area contributed by atoms with Crippen LogP contribution in [0.15, 0.2) is 60.4 Å². The van der Waals surface area contributed by atoms with Gasteiger partial charge in [-0.05, 0) is 63.0 Å². The Hall–Kier alpha value is -3.83. The summed E-state index contributed by atoms with van der Waals surface area (Å²) in [7, 11) is 0. The molecule has 1 aromatic heterocycles. The topological polar surface area (TPSA) is 297 Å². The third-order valence-electron chi connectivity index (χ3n) is 7.30. The Balaban J connectivity index is 1.89. The van der Waals surface area contributed by atoms with Crippen molar-refractivity contribution in [1.82, 2.24) is 15.3 Å². The predicted molar refractivity (Wildman–Crippen MR) is 228 cm³/mol. The zero-order valence-corrected chi connectivity index (χ0v) is 34.9. The van der Waals surface area contributed by atoms with E-state index in [4.69, 9.17) is 28.7 Å². The summed E-state index contributed by atoms with van der Waals surface area (Å²) >= 11 is 9.70. The van der Waals surface area contributed by atoms with E-state index >= 15 is 0 Å². The second-order valence-electron chi connectivity index (χ2n) is 11.7. The van der Waals surface area contributed by atoms with Crippen LogP contribution in [-0.4, -0.2) is 83.9 Å². The number of halogens is 2. The van der Waals surface area contributed by atoms with E-state index in [1.807, 2.05) is 0 Å². The highest BCUT2D eigenvalue weighted by atomic mass is 79.9. The number of nitrogens with two attached hydrogens (primary N) is 5. The Labute approximate surface area is 345 Å². The number of rotatable bonds is 23.